The third-order valence-electron chi connectivity index (χ3n) is 7.75. The van der Waals surface area contributed by atoms with E-state index in [4.69, 9.17) is 0 Å². The van der Waals surface area contributed by atoms with Crippen molar-refractivity contribution in [1.29, 1.82) is 0 Å². The third-order valence-corrected chi connectivity index (χ3v) is 7.75. The van der Waals surface area contributed by atoms with E-state index in [0.717, 1.165) is 5.69 Å². The lowest BCUT2D eigenvalue weighted by molar-refractivity contribution is -0.144. The second-order valence-corrected chi connectivity index (χ2v) is 11.3. The van der Waals surface area contributed by atoms with Crippen LogP contribution in [-0.4, -0.2) is 65.9 Å². The van der Waals surface area contributed by atoms with E-state index in [1.54, 1.807) is 4.90 Å². The molecule has 3 fully saturated rings. The first kappa shape index (κ1) is 24.6. The number of hydrogen-bond donors (Lipinski definition) is 1. The van der Waals surface area contributed by atoms with Crippen LogP contribution in [0, 0.1) is 11.3 Å². The van der Waals surface area contributed by atoms with Crippen LogP contribution in [0.15, 0.2) is 30.3 Å². The standard InChI is InChI=1S/C27H40N4O3/c1-26(2,3)24(33)29-16-14-27(15-17-29)25(34)30(20-31(27)22-12-8-5-9-13-22)19-23(32)28-18-21-10-6-4-7-11-21/h5,8-9,12-13,21H,4,6-7,10-11,14-20H2,1-3H3,(H,28,32). The summed E-state index contributed by atoms with van der Waals surface area (Å²) in [5, 5.41) is 3.08. The molecule has 1 aromatic carbocycles. The van der Waals surface area contributed by atoms with Crippen molar-refractivity contribution in [2.24, 2.45) is 11.3 Å². The van der Waals surface area contributed by atoms with Gasteiger partial charge in [0.1, 0.15) is 12.1 Å². The first-order valence-corrected chi connectivity index (χ1v) is 12.9. The van der Waals surface area contributed by atoms with Crippen molar-refractivity contribution in [3.63, 3.8) is 0 Å². The number of para-hydroxylation sites is 1. The molecule has 1 aromatic rings. The third kappa shape index (κ3) is 5.08. The van der Waals surface area contributed by atoms with Gasteiger partial charge in [0.2, 0.25) is 11.8 Å². The van der Waals surface area contributed by atoms with E-state index < -0.39 is 11.0 Å². The summed E-state index contributed by atoms with van der Waals surface area (Å²) >= 11 is 0. The molecule has 0 atom stereocenters. The number of hydrogen-bond acceptors (Lipinski definition) is 4. The van der Waals surface area contributed by atoms with Crippen LogP contribution in [0.2, 0.25) is 0 Å². The lowest BCUT2D eigenvalue weighted by atomic mass is 9.84. The molecule has 4 rings (SSSR count). The van der Waals surface area contributed by atoms with Gasteiger partial charge in [0.25, 0.3) is 5.91 Å². The molecule has 7 heteroatoms. The summed E-state index contributed by atoms with van der Waals surface area (Å²) < 4.78 is 0. The van der Waals surface area contributed by atoms with Crippen LogP contribution in [0.3, 0.4) is 0 Å². The van der Waals surface area contributed by atoms with Crippen molar-refractivity contribution in [2.75, 3.05) is 37.7 Å². The van der Waals surface area contributed by atoms with Crippen LogP contribution in [0.25, 0.3) is 0 Å². The number of carbonyl (C=O) groups is 3. The van der Waals surface area contributed by atoms with Crippen LogP contribution < -0.4 is 10.2 Å². The van der Waals surface area contributed by atoms with Crippen molar-refractivity contribution in [3.05, 3.63) is 30.3 Å². The number of benzene rings is 1. The minimum atomic E-state index is -0.709. The molecule has 0 unspecified atom stereocenters. The molecule has 7 nitrogen and oxygen atoms in total. The van der Waals surface area contributed by atoms with Crippen LogP contribution in [-0.2, 0) is 14.4 Å². The molecular formula is C27H40N4O3. The predicted molar refractivity (Wildman–Crippen MR) is 133 cm³/mol. The molecule has 2 heterocycles. The van der Waals surface area contributed by atoms with Crippen LogP contribution in [0.5, 0.6) is 0 Å². The van der Waals surface area contributed by atoms with Crippen molar-refractivity contribution in [2.45, 2.75) is 71.3 Å². The Kier molecular flexibility index (Phi) is 7.20. The van der Waals surface area contributed by atoms with Gasteiger partial charge in [-0.05, 0) is 43.7 Å². The Morgan fingerprint density at radius 1 is 1.03 bits per heavy atom. The van der Waals surface area contributed by atoms with E-state index in [-0.39, 0.29) is 24.3 Å². The molecule has 2 aliphatic heterocycles. The van der Waals surface area contributed by atoms with Crippen LogP contribution >= 0.6 is 0 Å². The maximum Gasteiger partial charge on any atom is 0.250 e. The molecule has 0 aromatic heterocycles. The minimum Gasteiger partial charge on any atom is -0.354 e. The van der Waals surface area contributed by atoms with Gasteiger partial charge in [-0.2, -0.15) is 0 Å². The summed E-state index contributed by atoms with van der Waals surface area (Å²) in [6.07, 6.45) is 7.28. The van der Waals surface area contributed by atoms with E-state index in [0.29, 0.717) is 45.1 Å². The Balaban J connectivity index is 1.46. The van der Waals surface area contributed by atoms with Gasteiger partial charge >= 0.3 is 0 Å². The zero-order valence-corrected chi connectivity index (χ0v) is 21.0. The monoisotopic (exact) mass is 468 g/mol. The molecule has 186 valence electrons. The fourth-order valence-electron chi connectivity index (χ4n) is 5.76. The number of carbonyl (C=O) groups excluding carboxylic acids is 3. The second-order valence-electron chi connectivity index (χ2n) is 11.3. The van der Waals surface area contributed by atoms with E-state index in [1.165, 1.54) is 32.1 Å². The largest absolute Gasteiger partial charge is 0.354 e. The fourth-order valence-corrected chi connectivity index (χ4v) is 5.76. The number of nitrogens with one attached hydrogen (secondary N) is 1. The first-order valence-electron chi connectivity index (χ1n) is 12.9. The zero-order valence-electron chi connectivity index (χ0n) is 21.0. The van der Waals surface area contributed by atoms with Crippen molar-refractivity contribution < 1.29 is 14.4 Å². The van der Waals surface area contributed by atoms with Gasteiger partial charge in [-0.3, -0.25) is 14.4 Å². The molecule has 2 saturated heterocycles. The quantitative estimate of drug-likeness (QED) is 0.719. The zero-order chi connectivity index (χ0) is 24.3. The van der Waals surface area contributed by atoms with Crippen LogP contribution in [0.1, 0.15) is 65.7 Å². The Bertz CT molecular complexity index is 881. The summed E-state index contributed by atoms with van der Waals surface area (Å²) in [6, 6.07) is 9.97. The number of rotatable bonds is 5. The maximum atomic E-state index is 13.8. The number of nitrogens with zero attached hydrogens (tertiary/aromatic N) is 3. The van der Waals surface area contributed by atoms with Crippen molar-refractivity contribution >= 4 is 23.4 Å². The van der Waals surface area contributed by atoms with Crippen molar-refractivity contribution in [1.82, 2.24) is 15.1 Å². The van der Waals surface area contributed by atoms with Gasteiger partial charge in [0.05, 0.1) is 6.67 Å². The summed E-state index contributed by atoms with van der Waals surface area (Å²) in [4.78, 5) is 45.1. The van der Waals surface area contributed by atoms with Crippen molar-refractivity contribution in [3.8, 4) is 0 Å². The summed E-state index contributed by atoms with van der Waals surface area (Å²) in [7, 11) is 0. The van der Waals surface area contributed by atoms with Gasteiger partial charge in [-0.25, -0.2) is 0 Å². The average molecular weight is 469 g/mol. The Hall–Kier alpha value is -2.57. The van der Waals surface area contributed by atoms with Gasteiger partial charge in [-0.15, -0.1) is 0 Å². The molecule has 1 spiro atoms. The summed E-state index contributed by atoms with van der Waals surface area (Å²) in [6.45, 7) is 8.09. The first-order chi connectivity index (χ1) is 16.2. The Labute approximate surface area is 203 Å². The maximum absolute atomic E-state index is 13.8. The molecule has 0 bridgehead atoms. The molecule has 1 N–H and O–H groups in total. The van der Waals surface area contributed by atoms with Gasteiger partial charge < -0.3 is 20.0 Å². The summed E-state index contributed by atoms with van der Waals surface area (Å²) in [5.41, 5.74) is -0.164. The second kappa shape index (κ2) is 9.96. The molecular weight excluding hydrogens is 428 g/mol. The lowest BCUT2D eigenvalue weighted by Crippen LogP contribution is -2.58. The van der Waals surface area contributed by atoms with Gasteiger partial charge in [0, 0.05) is 30.7 Å². The number of piperidine rings is 1. The number of likely N-dealkylation sites (tertiary alicyclic amines) is 1. The summed E-state index contributed by atoms with van der Waals surface area (Å²) in [5.74, 6) is 0.609. The van der Waals surface area contributed by atoms with Gasteiger partial charge in [-0.1, -0.05) is 58.2 Å². The minimum absolute atomic E-state index is 0.00651. The Morgan fingerprint density at radius 2 is 1.68 bits per heavy atom. The average Bonchev–Trinajstić information content (AvgIpc) is 3.09. The SMILES string of the molecule is CC(C)(C)C(=O)N1CCC2(CC1)C(=O)N(CC(=O)NCC1CCCCC1)CN2c1ccccc1. The fraction of sp³-hybridized carbons (Fsp3) is 0.667. The molecule has 3 aliphatic rings. The highest BCUT2D eigenvalue weighted by atomic mass is 16.2. The van der Waals surface area contributed by atoms with E-state index in [2.05, 4.69) is 10.2 Å². The molecule has 3 amide bonds. The van der Waals surface area contributed by atoms with Crippen LogP contribution in [0.4, 0.5) is 5.69 Å². The topological polar surface area (TPSA) is 73.0 Å². The smallest absolute Gasteiger partial charge is 0.250 e. The number of anilines is 1. The molecule has 1 aliphatic carbocycles. The number of amides is 3. The van der Waals surface area contributed by atoms with E-state index >= 15 is 0 Å². The predicted octanol–water partition coefficient (Wildman–Crippen LogP) is 3.40. The lowest BCUT2D eigenvalue weighted by Gasteiger charge is -2.44. The highest BCUT2D eigenvalue weighted by molar-refractivity contribution is 5.96. The Morgan fingerprint density at radius 3 is 2.29 bits per heavy atom. The van der Waals surface area contributed by atoms with E-state index in [1.807, 2.05) is 56.0 Å². The highest BCUT2D eigenvalue weighted by Gasteiger charge is 2.54. The normalized spacial score (nSPS) is 21.3. The molecule has 1 saturated carbocycles. The van der Waals surface area contributed by atoms with Gasteiger partial charge in [0.15, 0.2) is 0 Å². The molecule has 34 heavy (non-hydrogen) atoms. The molecule has 0 radical (unpaired) electrons. The highest BCUT2D eigenvalue weighted by Crippen LogP contribution is 2.40. The van der Waals surface area contributed by atoms with E-state index in [9.17, 15) is 14.4 Å².